The molecule has 1 N–H and O–H groups in total. The summed E-state index contributed by atoms with van der Waals surface area (Å²) in [5.74, 6) is -0.346. The normalized spacial score (nSPS) is 12.5. The zero-order chi connectivity index (χ0) is 22.4. The average molecular weight is 437 g/mol. The van der Waals surface area contributed by atoms with Crippen molar-refractivity contribution in [3.8, 4) is 0 Å². The highest BCUT2D eigenvalue weighted by molar-refractivity contribution is 7.89. The molecule has 0 radical (unpaired) electrons. The molecule has 0 aliphatic carbocycles. The summed E-state index contributed by atoms with van der Waals surface area (Å²) in [6.07, 6.45) is 0. The summed E-state index contributed by atoms with van der Waals surface area (Å²) in [6.45, 7) is 5.36. The molecule has 3 aromatic carbocycles. The molecule has 0 aliphatic rings. The minimum absolute atomic E-state index is 0.115. The summed E-state index contributed by atoms with van der Waals surface area (Å²) in [5.41, 5.74) is 3.29. The van der Waals surface area contributed by atoms with Crippen molar-refractivity contribution in [1.82, 2.24) is 9.62 Å². The molecule has 1 amide bonds. The number of amides is 1. The highest BCUT2D eigenvalue weighted by Crippen LogP contribution is 2.23. The summed E-state index contributed by atoms with van der Waals surface area (Å²) >= 11 is 0. The Morgan fingerprint density at radius 3 is 2.19 bits per heavy atom. The SMILES string of the molecule is Cc1ccc(C)c(S(=O)(=O)N(CC(=O)N[C@@H](C)c2ccccc2)Cc2ccccc2)c1. The fourth-order valence-corrected chi connectivity index (χ4v) is 5.10. The summed E-state index contributed by atoms with van der Waals surface area (Å²) in [6, 6.07) is 24.0. The van der Waals surface area contributed by atoms with Gasteiger partial charge in [0.15, 0.2) is 0 Å². The third-order valence-corrected chi connectivity index (χ3v) is 7.09. The van der Waals surface area contributed by atoms with Gasteiger partial charge in [-0.15, -0.1) is 0 Å². The Bertz CT molecular complexity index is 1130. The van der Waals surface area contributed by atoms with Crippen LogP contribution in [-0.4, -0.2) is 25.2 Å². The van der Waals surface area contributed by atoms with Crippen LogP contribution < -0.4 is 5.32 Å². The van der Waals surface area contributed by atoms with Crippen LogP contribution in [0.25, 0.3) is 0 Å². The third-order valence-electron chi connectivity index (χ3n) is 5.16. The number of nitrogens with one attached hydrogen (secondary N) is 1. The van der Waals surface area contributed by atoms with Gasteiger partial charge in [0.25, 0.3) is 0 Å². The largest absolute Gasteiger partial charge is 0.348 e. The fraction of sp³-hybridized carbons (Fsp3) is 0.240. The van der Waals surface area contributed by atoms with Crippen molar-refractivity contribution >= 4 is 15.9 Å². The van der Waals surface area contributed by atoms with Crippen molar-refractivity contribution in [3.63, 3.8) is 0 Å². The zero-order valence-corrected chi connectivity index (χ0v) is 18.9. The highest BCUT2D eigenvalue weighted by atomic mass is 32.2. The predicted molar refractivity (Wildman–Crippen MR) is 123 cm³/mol. The number of carbonyl (C=O) groups excluding carboxylic acids is 1. The average Bonchev–Trinajstić information content (AvgIpc) is 2.76. The molecule has 6 heteroatoms. The van der Waals surface area contributed by atoms with Gasteiger partial charge in [0.1, 0.15) is 0 Å². The number of carbonyl (C=O) groups is 1. The molecular formula is C25H28N2O3S. The molecule has 0 fully saturated rings. The van der Waals surface area contributed by atoms with E-state index >= 15 is 0 Å². The number of aryl methyl sites for hydroxylation is 2. The van der Waals surface area contributed by atoms with Crippen LogP contribution in [0.2, 0.25) is 0 Å². The highest BCUT2D eigenvalue weighted by Gasteiger charge is 2.28. The van der Waals surface area contributed by atoms with Crippen molar-refractivity contribution < 1.29 is 13.2 Å². The van der Waals surface area contributed by atoms with Crippen molar-refractivity contribution in [3.05, 3.63) is 101 Å². The number of hydrogen-bond acceptors (Lipinski definition) is 3. The maximum Gasteiger partial charge on any atom is 0.244 e. The van der Waals surface area contributed by atoms with Crippen LogP contribution in [0.1, 0.15) is 35.2 Å². The first-order valence-electron chi connectivity index (χ1n) is 10.2. The molecule has 0 spiro atoms. The molecule has 162 valence electrons. The van der Waals surface area contributed by atoms with Crippen LogP contribution in [0.15, 0.2) is 83.8 Å². The lowest BCUT2D eigenvalue weighted by atomic mass is 10.1. The number of benzene rings is 3. The Morgan fingerprint density at radius 1 is 0.935 bits per heavy atom. The van der Waals surface area contributed by atoms with E-state index in [0.717, 1.165) is 16.7 Å². The van der Waals surface area contributed by atoms with Gasteiger partial charge in [-0.3, -0.25) is 4.79 Å². The van der Waals surface area contributed by atoms with Gasteiger partial charge in [-0.1, -0.05) is 72.8 Å². The molecule has 0 aliphatic heterocycles. The molecule has 3 aromatic rings. The van der Waals surface area contributed by atoms with E-state index in [1.165, 1.54) is 4.31 Å². The second-order valence-electron chi connectivity index (χ2n) is 7.73. The standard InChI is InChI=1S/C25H28N2O3S/c1-19-14-15-20(2)24(16-19)31(29,30)27(17-22-10-6-4-7-11-22)18-25(28)26-21(3)23-12-8-5-9-13-23/h4-16,21H,17-18H2,1-3H3,(H,26,28)/t21-/m0/s1. The van der Waals surface area contributed by atoms with E-state index in [9.17, 15) is 13.2 Å². The smallest absolute Gasteiger partial charge is 0.244 e. The molecular weight excluding hydrogens is 408 g/mol. The van der Waals surface area contributed by atoms with Crippen LogP contribution in [0.3, 0.4) is 0 Å². The van der Waals surface area contributed by atoms with Gasteiger partial charge in [0, 0.05) is 6.54 Å². The van der Waals surface area contributed by atoms with Gasteiger partial charge < -0.3 is 5.32 Å². The van der Waals surface area contributed by atoms with Crippen LogP contribution in [0.4, 0.5) is 0 Å². The van der Waals surface area contributed by atoms with Crippen LogP contribution in [0.5, 0.6) is 0 Å². The van der Waals surface area contributed by atoms with Gasteiger partial charge in [-0.05, 0) is 49.1 Å². The minimum Gasteiger partial charge on any atom is -0.348 e. The summed E-state index contributed by atoms with van der Waals surface area (Å²) < 4.78 is 28.3. The van der Waals surface area contributed by atoms with Crippen LogP contribution in [-0.2, 0) is 21.4 Å². The Labute approximate surface area is 184 Å². The third kappa shape index (κ3) is 5.81. The molecule has 0 unspecified atom stereocenters. The van der Waals surface area contributed by atoms with E-state index in [-0.39, 0.29) is 29.9 Å². The van der Waals surface area contributed by atoms with Crippen molar-refractivity contribution in [2.75, 3.05) is 6.54 Å². The molecule has 0 saturated carbocycles. The van der Waals surface area contributed by atoms with E-state index in [1.807, 2.05) is 80.6 Å². The molecule has 3 rings (SSSR count). The molecule has 31 heavy (non-hydrogen) atoms. The number of hydrogen-bond donors (Lipinski definition) is 1. The first kappa shape index (κ1) is 22.7. The number of rotatable bonds is 8. The second-order valence-corrected chi connectivity index (χ2v) is 9.63. The van der Waals surface area contributed by atoms with Gasteiger partial charge in [-0.25, -0.2) is 8.42 Å². The molecule has 5 nitrogen and oxygen atoms in total. The quantitative estimate of drug-likeness (QED) is 0.570. The van der Waals surface area contributed by atoms with Crippen molar-refractivity contribution in [2.24, 2.45) is 0 Å². The topological polar surface area (TPSA) is 66.5 Å². The van der Waals surface area contributed by atoms with Crippen molar-refractivity contribution in [2.45, 2.75) is 38.3 Å². The number of nitrogens with zero attached hydrogens (tertiary/aromatic N) is 1. The maximum atomic E-state index is 13.5. The van der Waals surface area contributed by atoms with Gasteiger partial charge in [0.05, 0.1) is 17.5 Å². The van der Waals surface area contributed by atoms with Gasteiger partial charge in [0.2, 0.25) is 15.9 Å². The summed E-state index contributed by atoms with van der Waals surface area (Å²) in [7, 11) is -3.88. The Morgan fingerprint density at radius 2 is 1.55 bits per heavy atom. The zero-order valence-electron chi connectivity index (χ0n) is 18.1. The molecule has 0 saturated heterocycles. The molecule has 1 atom stereocenters. The van der Waals surface area contributed by atoms with Crippen LogP contribution in [0, 0.1) is 13.8 Å². The first-order valence-corrected chi connectivity index (χ1v) is 11.7. The fourth-order valence-electron chi connectivity index (χ4n) is 3.41. The lowest BCUT2D eigenvalue weighted by Gasteiger charge is -2.24. The lowest BCUT2D eigenvalue weighted by Crippen LogP contribution is -2.41. The van der Waals surface area contributed by atoms with E-state index < -0.39 is 10.0 Å². The molecule has 0 bridgehead atoms. The summed E-state index contributed by atoms with van der Waals surface area (Å²) in [4.78, 5) is 13.1. The molecule has 0 aromatic heterocycles. The Kier molecular flexibility index (Phi) is 7.25. The van der Waals surface area contributed by atoms with E-state index in [1.54, 1.807) is 19.1 Å². The van der Waals surface area contributed by atoms with E-state index in [0.29, 0.717) is 5.56 Å². The maximum absolute atomic E-state index is 13.5. The van der Waals surface area contributed by atoms with E-state index in [4.69, 9.17) is 0 Å². The summed E-state index contributed by atoms with van der Waals surface area (Å²) in [5, 5.41) is 2.92. The lowest BCUT2D eigenvalue weighted by molar-refractivity contribution is -0.122. The predicted octanol–water partition coefficient (Wildman–Crippen LogP) is 4.37. The van der Waals surface area contributed by atoms with Crippen LogP contribution >= 0.6 is 0 Å². The minimum atomic E-state index is -3.88. The van der Waals surface area contributed by atoms with Crippen molar-refractivity contribution in [1.29, 1.82) is 0 Å². The van der Waals surface area contributed by atoms with E-state index in [2.05, 4.69) is 5.32 Å². The van der Waals surface area contributed by atoms with Gasteiger partial charge in [-0.2, -0.15) is 4.31 Å². The first-order chi connectivity index (χ1) is 14.8. The second kappa shape index (κ2) is 9.90. The monoisotopic (exact) mass is 436 g/mol. The van der Waals surface area contributed by atoms with Gasteiger partial charge >= 0.3 is 0 Å². The Balaban J connectivity index is 1.87. The number of sulfonamides is 1. The molecule has 0 heterocycles. The Hall–Kier alpha value is -2.96.